The second-order valence-electron chi connectivity index (χ2n) is 6.27. The Kier molecular flexibility index (Phi) is 5.36. The first-order chi connectivity index (χ1) is 12.8. The molecule has 0 fully saturated rings. The third-order valence-corrected chi connectivity index (χ3v) is 5.23. The lowest BCUT2D eigenvalue weighted by atomic mass is 10.0. The fourth-order valence-corrected chi connectivity index (χ4v) is 3.39. The lowest BCUT2D eigenvalue weighted by Gasteiger charge is -2.10. The highest BCUT2D eigenvalue weighted by atomic mass is 32.2. The van der Waals surface area contributed by atoms with Crippen molar-refractivity contribution in [1.82, 2.24) is 10.2 Å². The average molecular weight is 386 g/mol. The van der Waals surface area contributed by atoms with E-state index in [4.69, 9.17) is 0 Å². The normalized spacial score (nSPS) is 11.4. The number of aromatic nitrogens is 2. The molecule has 2 N–H and O–H groups in total. The monoisotopic (exact) mass is 386 g/mol. The summed E-state index contributed by atoms with van der Waals surface area (Å²) < 4.78 is 40.5. The number of sulfonamides is 1. The zero-order valence-electron chi connectivity index (χ0n) is 14.8. The molecule has 0 unspecified atom stereocenters. The summed E-state index contributed by atoms with van der Waals surface area (Å²) in [6, 6.07) is 15.6. The molecule has 0 bridgehead atoms. The van der Waals surface area contributed by atoms with Gasteiger partial charge in [0.1, 0.15) is 5.82 Å². The van der Waals surface area contributed by atoms with Crippen LogP contribution in [0.3, 0.4) is 0 Å². The molecule has 0 radical (unpaired) electrons. The van der Waals surface area contributed by atoms with Gasteiger partial charge in [0.25, 0.3) is 10.0 Å². The van der Waals surface area contributed by atoms with E-state index in [9.17, 15) is 12.8 Å². The highest BCUT2D eigenvalue weighted by Crippen LogP contribution is 2.20. The highest BCUT2D eigenvalue weighted by Gasteiger charge is 2.15. The molecular weight excluding hydrogens is 367 g/mol. The van der Waals surface area contributed by atoms with Crippen LogP contribution in [-0.2, 0) is 10.0 Å². The largest absolute Gasteiger partial charge is 0.339 e. The van der Waals surface area contributed by atoms with Crippen molar-refractivity contribution in [3.05, 3.63) is 72.0 Å². The van der Waals surface area contributed by atoms with Gasteiger partial charge in [-0.1, -0.05) is 32.0 Å². The predicted octanol–water partition coefficient (Wildman–Crippen LogP) is 4.28. The number of benzene rings is 2. The second-order valence-corrected chi connectivity index (χ2v) is 7.95. The molecule has 0 amide bonds. The molecule has 0 aliphatic carbocycles. The fourth-order valence-electron chi connectivity index (χ4n) is 2.40. The summed E-state index contributed by atoms with van der Waals surface area (Å²) >= 11 is 0. The van der Waals surface area contributed by atoms with E-state index in [0.717, 1.165) is 5.56 Å². The van der Waals surface area contributed by atoms with Crippen molar-refractivity contribution in [2.45, 2.75) is 24.7 Å². The molecular formula is C19H19FN4O2S. The minimum atomic E-state index is -3.76. The van der Waals surface area contributed by atoms with E-state index in [1.165, 1.54) is 18.2 Å². The Morgan fingerprint density at radius 3 is 2.19 bits per heavy atom. The minimum Gasteiger partial charge on any atom is -0.339 e. The topological polar surface area (TPSA) is 84.0 Å². The summed E-state index contributed by atoms with van der Waals surface area (Å²) in [5.74, 6) is 0.400. The van der Waals surface area contributed by atoms with E-state index in [1.54, 1.807) is 42.5 Å². The van der Waals surface area contributed by atoms with Gasteiger partial charge >= 0.3 is 0 Å². The smallest absolute Gasteiger partial charge is 0.263 e. The van der Waals surface area contributed by atoms with Crippen LogP contribution in [-0.4, -0.2) is 18.6 Å². The maximum absolute atomic E-state index is 13.2. The number of hydrogen-bond donors (Lipinski definition) is 2. The first kappa shape index (κ1) is 18.8. The van der Waals surface area contributed by atoms with E-state index in [1.807, 2.05) is 13.8 Å². The van der Waals surface area contributed by atoms with Gasteiger partial charge in [-0.2, -0.15) is 0 Å². The summed E-state index contributed by atoms with van der Waals surface area (Å²) in [6.45, 7) is 4.08. The van der Waals surface area contributed by atoms with E-state index < -0.39 is 10.0 Å². The summed E-state index contributed by atoms with van der Waals surface area (Å²) in [7, 11) is -3.76. The standard InChI is InChI=1S/C19H19FN4O2S/c1-13(2)14-6-8-17(9-7-14)27(25,26)24-19-11-10-18(22-23-19)21-16-5-3-4-15(20)12-16/h3-13H,1-2H3,(H,21,22)(H,23,24). The van der Waals surface area contributed by atoms with E-state index >= 15 is 0 Å². The van der Waals surface area contributed by atoms with Gasteiger partial charge in [-0.15, -0.1) is 10.2 Å². The third-order valence-electron chi connectivity index (χ3n) is 3.86. The van der Waals surface area contributed by atoms with Gasteiger partial charge in [0, 0.05) is 5.69 Å². The van der Waals surface area contributed by atoms with Gasteiger partial charge < -0.3 is 5.32 Å². The first-order valence-electron chi connectivity index (χ1n) is 8.32. The van der Waals surface area contributed by atoms with Crippen LogP contribution in [0, 0.1) is 5.82 Å². The maximum Gasteiger partial charge on any atom is 0.263 e. The minimum absolute atomic E-state index is 0.0905. The maximum atomic E-state index is 13.2. The van der Waals surface area contributed by atoms with Gasteiger partial charge in [-0.25, -0.2) is 12.8 Å². The Labute approximate surface area is 157 Å². The van der Waals surface area contributed by atoms with E-state index in [-0.39, 0.29) is 16.5 Å². The number of rotatable bonds is 6. The molecule has 27 heavy (non-hydrogen) atoms. The molecule has 3 aromatic rings. The van der Waals surface area contributed by atoms with Crippen molar-refractivity contribution in [2.75, 3.05) is 10.0 Å². The molecule has 8 heteroatoms. The number of anilines is 3. The van der Waals surface area contributed by atoms with Crippen molar-refractivity contribution >= 4 is 27.3 Å². The average Bonchev–Trinajstić information content (AvgIpc) is 2.63. The zero-order chi connectivity index (χ0) is 19.4. The quantitative estimate of drug-likeness (QED) is 0.660. The molecule has 6 nitrogen and oxygen atoms in total. The van der Waals surface area contributed by atoms with Crippen LogP contribution >= 0.6 is 0 Å². The lowest BCUT2D eigenvalue weighted by molar-refractivity contribution is 0.601. The molecule has 0 spiro atoms. The SMILES string of the molecule is CC(C)c1ccc(S(=O)(=O)Nc2ccc(Nc3cccc(F)c3)nn2)cc1. The predicted molar refractivity (Wildman–Crippen MR) is 103 cm³/mol. The molecule has 3 rings (SSSR count). The molecule has 0 aliphatic heterocycles. The molecule has 0 saturated heterocycles. The van der Waals surface area contributed by atoms with E-state index in [0.29, 0.717) is 17.4 Å². The van der Waals surface area contributed by atoms with Gasteiger partial charge in [0.2, 0.25) is 0 Å². The molecule has 0 saturated carbocycles. The van der Waals surface area contributed by atoms with Crippen LogP contribution in [0.4, 0.5) is 21.7 Å². The lowest BCUT2D eigenvalue weighted by Crippen LogP contribution is -2.14. The van der Waals surface area contributed by atoms with Gasteiger partial charge in [-0.05, 0) is 53.9 Å². The molecule has 1 heterocycles. The zero-order valence-corrected chi connectivity index (χ0v) is 15.7. The Hall–Kier alpha value is -3.00. The molecule has 0 aliphatic rings. The molecule has 0 atom stereocenters. The van der Waals surface area contributed by atoms with Crippen LogP contribution in [0.15, 0.2) is 65.6 Å². The van der Waals surface area contributed by atoms with Crippen LogP contribution < -0.4 is 10.0 Å². The second kappa shape index (κ2) is 7.71. The van der Waals surface area contributed by atoms with Gasteiger partial charge in [0.15, 0.2) is 11.6 Å². The first-order valence-corrected chi connectivity index (χ1v) is 9.81. The molecule has 2 aromatic carbocycles. The van der Waals surface area contributed by atoms with Crippen molar-refractivity contribution in [3.8, 4) is 0 Å². The number of halogens is 1. The highest BCUT2D eigenvalue weighted by molar-refractivity contribution is 7.92. The van der Waals surface area contributed by atoms with E-state index in [2.05, 4.69) is 20.2 Å². The summed E-state index contributed by atoms with van der Waals surface area (Å²) in [6.07, 6.45) is 0. The Morgan fingerprint density at radius 2 is 1.59 bits per heavy atom. The summed E-state index contributed by atoms with van der Waals surface area (Å²) in [4.78, 5) is 0.149. The Balaban J connectivity index is 1.71. The van der Waals surface area contributed by atoms with Gasteiger partial charge in [0.05, 0.1) is 4.90 Å². The van der Waals surface area contributed by atoms with Gasteiger partial charge in [-0.3, -0.25) is 4.72 Å². The molecule has 140 valence electrons. The number of nitrogens with one attached hydrogen (secondary N) is 2. The van der Waals surface area contributed by atoms with Crippen LogP contribution in [0.1, 0.15) is 25.3 Å². The van der Waals surface area contributed by atoms with Crippen molar-refractivity contribution in [3.63, 3.8) is 0 Å². The van der Waals surface area contributed by atoms with Crippen molar-refractivity contribution in [2.24, 2.45) is 0 Å². The summed E-state index contributed by atoms with van der Waals surface area (Å²) in [5, 5.41) is 10.7. The Bertz CT molecular complexity index is 1020. The van der Waals surface area contributed by atoms with Crippen LogP contribution in [0.2, 0.25) is 0 Å². The number of hydrogen-bond acceptors (Lipinski definition) is 5. The third kappa shape index (κ3) is 4.79. The Morgan fingerprint density at radius 1 is 0.926 bits per heavy atom. The number of nitrogens with zero attached hydrogens (tertiary/aromatic N) is 2. The molecule has 1 aromatic heterocycles. The summed E-state index contributed by atoms with van der Waals surface area (Å²) in [5.41, 5.74) is 1.57. The van der Waals surface area contributed by atoms with Crippen LogP contribution in [0.5, 0.6) is 0 Å². The fraction of sp³-hybridized carbons (Fsp3) is 0.158. The van der Waals surface area contributed by atoms with Crippen LogP contribution in [0.25, 0.3) is 0 Å². The van der Waals surface area contributed by atoms with Crippen molar-refractivity contribution < 1.29 is 12.8 Å². The van der Waals surface area contributed by atoms with Crippen molar-refractivity contribution in [1.29, 1.82) is 0 Å².